The first-order valence-corrected chi connectivity index (χ1v) is 4.75. The Morgan fingerprint density at radius 3 is 2.93 bits per heavy atom. The van der Waals surface area contributed by atoms with Gasteiger partial charge in [-0.3, -0.25) is 0 Å². The average molecular weight is 199 g/mol. The molecule has 0 fully saturated rings. The third-order valence-corrected chi connectivity index (χ3v) is 1.78. The summed E-state index contributed by atoms with van der Waals surface area (Å²) in [5, 5.41) is 14.9. The van der Waals surface area contributed by atoms with Crippen LogP contribution in [0.25, 0.3) is 0 Å². The van der Waals surface area contributed by atoms with Crippen LogP contribution in [0.2, 0.25) is 0 Å². The molecule has 1 aromatic rings. The minimum atomic E-state index is 0.681. The SMILES string of the molecule is COCCCCNCc1nnn(C)n1. The van der Waals surface area contributed by atoms with Gasteiger partial charge in [0.2, 0.25) is 0 Å². The smallest absolute Gasteiger partial charge is 0.188 e. The second kappa shape index (κ2) is 6.44. The van der Waals surface area contributed by atoms with Crippen molar-refractivity contribution < 1.29 is 4.74 Å². The molecule has 0 saturated carbocycles. The monoisotopic (exact) mass is 199 g/mol. The third-order valence-electron chi connectivity index (χ3n) is 1.78. The van der Waals surface area contributed by atoms with E-state index in [0.717, 1.165) is 31.8 Å². The first-order valence-electron chi connectivity index (χ1n) is 4.75. The summed E-state index contributed by atoms with van der Waals surface area (Å²) in [7, 11) is 3.48. The molecule has 0 aliphatic carbocycles. The van der Waals surface area contributed by atoms with Crippen LogP contribution in [0.15, 0.2) is 0 Å². The molecule has 0 aliphatic heterocycles. The Labute approximate surface area is 83.6 Å². The van der Waals surface area contributed by atoms with Crippen molar-refractivity contribution in [2.45, 2.75) is 19.4 Å². The molecule has 0 unspecified atom stereocenters. The molecule has 6 nitrogen and oxygen atoms in total. The molecular weight excluding hydrogens is 182 g/mol. The lowest BCUT2D eigenvalue weighted by molar-refractivity contribution is 0.192. The summed E-state index contributed by atoms with van der Waals surface area (Å²) in [4.78, 5) is 1.46. The second-order valence-corrected chi connectivity index (χ2v) is 3.07. The van der Waals surface area contributed by atoms with Gasteiger partial charge in [-0.2, -0.15) is 4.80 Å². The van der Waals surface area contributed by atoms with Crippen molar-refractivity contribution in [2.75, 3.05) is 20.3 Å². The van der Waals surface area contributed by atoms with Crippen LogP contribution in [0.3, 0.4) is 0 Å². The van der Waals surface area contributed by atoms with Crippen LogP contribution in [0.5, 0.6) is 0 Å². The minimum Gasteiger partial charge on any atom is -0.385 e. The Balaban J connectivity index is 1.99. The van der Waals surface area contributed by atoms with Gasteiger partial charge in [0.15, 0.2) is 5.82 Å². The maximum Gasteiger partial charge on any atom is 0.188 e. The van der Waals surface area contributed by atoms with Crippen molar-refractivity contribution in [1.82, 2.24) is 25.5 Å². The van der Waals surface area contributed by atoms with Crippen LogP contribution in [-0.2, 0) is 18.3 Å². The van der Waals surface area contributed by atoms with Crippen LogP contribution in [-0.4, -0.2) is 40.5 Å². The topological polar surface area (TPSA) is 64.9 Å². The van der Waals surface area contributed by atoms with Crippen molar-refractivity contribution in [3.63, 3.8) is 0 Å². The Hall–Kier alpha value is -1.01. The summed E-state index contributed by atoms with van der Waals surface area (Å²) < 4.78 is 4.94. The molecule has 1 rings (SSSR count). The number of tetrazole rings is 1. The molecule has 0 amide bonds. The lowest BCUT2D eigenvalue weighted by atomic mass is 10.3. The van der Waals surface area contributed by atoms with Gasteiger partial charge in [0.05, 0.1) is 13.6 Å². The first kappa shape index (κ1) is 11.1. The van der Waals surface area contributed by atoms with E-state index in [1.165, 1.54) is 4.80 Å². The zero-order chi connectivity index (χ0) is 10.2. The molecule has 0 aromatic carbocycles. The predicted octanol–water partition coefficient (Wildman–Crippen LogP) is -0.274. The Morgan fingerprint density at radius 1 is 1.43 bits per heavy atom. The van der Waals surface area contributed by atoms with Crippen LogP contribution >= 0.6 is 0 Å². The van der Waals surface area contributed by atoms with Gasteiger partial charge in [-0.25, -0.2) is 0 Å². The maximum absolute atomic E-state index is 4.94. The predicted molar refractivity (Wildman–Crippen MR) is 51.6 cm³/mol. The molecule has 0 radical (unpaired) electrons. The van der Waals surface area contributed by atoms with E-state index in [9.17, 15) is 0 Å². The van der Waals surface area contributed by atoms with E-state index in [4.69, 9.17) is 4.74 Å². The van der Waals surface area contributed by atoms with Crippen LogP contribution in [0.1, 0.15) is 18.7 Å². The zero-order valence-corrected chi connectivity index (χ0v) is 8.73. The number of nitrogens with one attached hydrogen (secondary N) is 1. The van der Waals surface area contributed by atoms with Crippen molar-refractivity contribution in [1.29, 1.82) is 0 Å². The van der Waals surface area contributed by atoms with Crippen LogP contribution in [0, 0.1) is 0 Å². The molecule has 0 saturated heterocycles. The van der Waals surface area contributed by atoms with Crippen LogP contribution < -0.4 is 5.32 Å². The number of hydrogen-bond acceptors (Lipinski definition) is 5. The highest BCUT2D eigenvalue weighted by atomic mass is 16.5. The number of rotatable bonds is 7. The highest BCUT2D eigenvalue weighted by molar-refractivity contribution is 4.74. The van der Waals surface area contributed by atoms with E-state index in [0.29, 0.717) is 6.54 Å². The summed E-state index contributed by atoms with van der Waals surface area (Å²) >= 11 is 0. The number of aryl methyl sites for hydroxylation is 1. The number of unbranched alkanes of at least 4 members (excludes halogenated alkanes) is 1. The Bertz CT molecular complexity index is 250. The molecule has 6 heteroatoms. The van der Waals surface area contributed by atoms with E-state index >= 15 is 0 Å². The average Bonchev–Trinajstić information content (AvgIpc) is 2.58. The van der Waals surface area contributed by atoms with E-state index in [2.05, 4.69) is 20.7 Å². The van der Waals surface area contributed by atoms with Gasteiger partial charge in [-0.05, 0) is 24.6 Å². The Morgan fingerprint density at radius 2 is 2.29 bits per heavy atom. The van der Waals surface area contributed by atoms with E-state index in [-0.39, 0.29) is 0 Å². The summed E-state index contributed by atoms with van der Waals surface area (Å²) in [6.45, 7) is 2.47. The summed E-state index contributed by atoms with van der Waals surface area (Å²) in [5.41, 5.74) is 0. The lowest BCUT2D eigenvalue weighted by Gasteiger charge is -2.00. The number of aromatic nitrogens is 4. The fourth-order valence-corrected chi connectivity index (χ4v) is 1.09. The van der Waals surface area contributed by atoms with Crippen molar-refractivity contribution >= 4 is 0 Å². The number of ether oxygens (including phenoxy) is 1. The third kappa shape index (κ3) is 4.29. The van der Waals surface area contributed by atoms with Gasteiger partial charge >= 0.3 is 0 Å². The molecule has 1 N–H and O–H groups in total. The van der Waals surface area contributed by atoms with Gasteiger partial charge in [-0.1, -0.05) is 0 Å². The maximum atomic E-state index is 4.94. The van der Waals surface area contributed by atoms with E-state index in [1.807, 2.05) is 0 Å². The van der Waals surface area contributed by atoms with Crippen molar-refractivity contribution in [2.24, 2.45) is 7.05 Å². The summed E-state index contributed by atoms with van der Waals surface area (Å²) in [6, 6.07) is 0. The highest BCUT2D eigenvalue weighted by Crippen LogP contribution is 1.88. The van der Waals surface area contributed by atoms with Crippen molar-refractivity contribution in [3.05, 3.63) is 5.82 Å². The molecule has 80 valence electrons. The summed E-state index contributed by atoms with van der Waals surface area (Å²) in [6.07, 6.45) is 2.19. The largest absolute Gasteiger partial charge is 0.385 e. The summed E-state index contributed by atoms with van der Waals surface area (Å²) in [5.74, 6) is 0.735. The molecule has 0 aliphatic rings. The second-order valence-electron chi connectivity index (χ2n) is 3.07. The van der Waals surface area contributed by atoms with E-state index in [1.54, 1.807) is 14.2 Å². The molecule has 0 bridgehead atoms. The number of hydrogen-bond donors (Lipinski definition) is 1. The standard InChI is InChI=1S/C8H17N5O/c1-13-11-8(10-12-13)7-9-5-3-4-6-14-2/h9H,3-7H2,1-2H3. The van der Waals surface area contributed by atoms with E-state index < -0.39 is 0 Å². The zero-order valence-electron chi connectivity index (χ0n) is 8.73. The molecule has 14 heavy (non-hydrogen) atoms. The molecule has 0 atom stereocenters. The normalized spacial score (nSPS) is 10.7. The van der Waals surface area contributed by atoms with Gasteiger partial charge < -0.3 is 10.1 Å². The van der Waals surface area contributed by atoms with Gasteiger partial charge in [-0.15, -0.1) is 10.2 Å². The van der Waals surface area contributed by atoms with Gasteiger partial charge in [0.25, 0.3) is 0 Å². The molecular formula is C8H17N5O. The molecule has 1 heterocycles. The quantitative estimate of drug-likeness (QED) is 0.612. The van der Waals surface area contributed by atoms with Crippen molar-refractivity contribution in [3.8, 4) is 0 Å². The van der Waals surface area contributed by atoms with Crippen LogP contribution in [0.4, 0.5) is 0 Å². The minimum absolute atomic E-state index is 0.681. The van der Waals surface area contributed by atoms with Gasteiger partial charge in [0.1, 0.15) is 0 Å². The number of nitrogens with zero attached hydrogens (tertiary/aromatic N) is 4. The Kier molecular flexibility index (Phi) is 5.09. The number of methoxy groups -OCH3 is 1. The molecule has 1 aromatic heterocycles. The fraction of sp³-hybridized carbons (Fsp3) is 0.875. The highest BCUT2D eigenvalue weighted by Gasteiger charge is 1.98. The van der Waals surface area contributed by atoms with Gasteiger partial charge in [0, 0.05) is 13.7 Å². The fourth-order valence-electron chi connectivity index (χ4n) is 1.09. The first-order chi connectivity index (χ1) is 6.83. The lowest BCUT2D eigenvalue weighted by Crippen LogP contribution is -2.16. The molecule has 0 spiro atoms.